The molecule has 2 unspecified atom stereocenters. The molecule has 0 aliphatic carbocycles. The second-order valence-corrected chi connectivity index (χ2v) is 5.71. The topological polar surface area (TPSA) is 20.2 Å². The zero-order chi connectivity index (χ0) is 15.1. The number of unbranched alkanes of at least 4 members (excludes halogenated alkanes) is 1. The molecule has 1 nitrogen and oxygen atoms in total. The van der Waals surface area contributed by atoms with Crippen molar-refractivity contribution in [2.24, 2.45) is 0 Å². The fraction of sp³-hybridized carbons (Fsp3) is 0.400. The van der Waals surface area contributed by atoms with Crippen LogP contribution in [0.15, 0.2) is 54.6 Å². The van der Waals surface area contributed by atoms with E-state index in [1.165, 1.54) is 16.7 Å². The Labute approximate surface area is 128 Å². The zero-order valence-corrected chi connectivity index (χ0v) is 13.1. The molecule has 1 N–H and O–H groups in total. The van der Waals surface area contributed by atoms with Crippen LogP contribution in [0.5, 0.6) is 0 Å². The van der Waals surface area contributed by atoms with E-state index in [4.69, 9.17) is 0 Å². The van der Waals surface area contributed by atoms with Crippen LogP contribution in [0.4, 0.5) is 0 Å². The summed E-state index contributed by atoms with van der Waals surface area (Å²) in [5, 5.41) is 10.4. The number of hydrogen-bond acceptors (Lipinski definition) is 1. The Morgan fingerprint density at radius 1 is 0.857 bits per heavy atom. The summed E-state index contributed by atoms with van der Waals surface area (Å²) in [5.74, 6) is 0.251. The minimum absolute atomic E-state index is 0.225. The van der Waals surface area contributed by atoms with E-state index < -0.39 is 0 Å². The summed E-state index contributed by atoms with van der Waals surface area (Å²) < 4.78 is 0. The van der Waals surface area contributed by atoms with E-state index in [2.05, 4.69) is 62.4 Å². The van der Waals surface area contributed by atoms with Crippen LogP contribution in [0.1, 0.15) is 51.0 Å². The van der Waals surface area contributed by atoms with Crippen LogP contribution in [0.3, 0.4) is 0 Å². The number of benzene rings is 2. The van der Waals surface area contributed by atoms with Gasteiger partial charge in [-0.3, -0.25) is 0 Å². The molecule has 0 spiro atoms. The van der Waals surface area contributed by atoms with Crippen molar-refractivity contribution < 1.29 is 5.11 Å². The van der Waals surface area contributed by atoms with Crippen molar-refractivity contribution in [3.8, 4) is 11.1 Å². The molecular formula is C20H26O. The minimum atomic E-state index is -0.225. The zero-order valence-electron chi connectivity index (χ0n) is 13.1. The molecule has 2 aromatic carbocycles. The van der Waals surface area contributed by atoms with Crippen molar-refractivity contribution in [3.05, 3.63) is 60.2 Å². The molecule has 0 saturated heterocycles. The third-order valence-electron chi connectivity index (χ3n) is 4.20. The van der Waals surface area contributed by atoms with Crippen molar-refractivity contribution in [1.29, 1.82) is 0 Å². The Morgan fingerprint density at radius 2 is 1.48 bits per heavy atom. The fourth-order valence-electron chi connectivity index (χ4n) is 2.90. The molecule has 0 aliphatic heterocycles. The normalized spacial score (nSPS) is 13.9. The Bertz CT molecular complexity index is 515. The van der Waals surface area contributed by atoms with E-state index in [-0.39, 0.29) is 12.0 Å². The summed E-state index contributed by atoms with van der Waals surface area (Å²) in [7, 11) is 0. The monoisotopic (exact) mass is 282 g/mol. The van der Waals surface area contributed by atoms with Crippen molar-refractivity contribution >= 4 is 0 Å². The largest absolute Gasteiger partial charge is 0.392 e. The maximum absolute atomic E-state index is 10.4. The molecule has 0 bridgehead atoms. The number of hydrogen-bond donors (Lipinski definition) is 1. The Hall–Kier alpha value is -1.60. The average Bonchev–Trinajstić information content (AvgIpc) is 2.55. The van der Waals surface area contributed by atoms with Gasteiger partial charge in [0.05, 0.1) is 6.10 Å². The van der Waals surface area contributed by atoms with Crippen LogP contribution in [0.25, 0.3) is 11.1 Å². The lowest BCUT2D eigenvalue weighted by Gasteiger charge is -2.22. The second-order valence-electron chi connectivity index (χ2n) is 5.71. The lowest BCUT2D eigenvalue weighted by molar-refractivity contribution is 0.128. The predicted molar refractivity (Wildman–Crippen MR) is 90.4 cm³/mol. The van der Waals surface area contributed by atoms with Gasteiger partial charge in [-0.1, -0.05) is 81.3 Å². The van der Waals surface area contributed by atoms with E-state index in [1.54, 1.807) is 0 Å². The van der Waals surface area contributed by atoms with Gasteiger partial charge in [0.2, 0.25) is 0 Å². The van der Waals surface area contributed by atoms with Crippen LogP contribution in [0.2, 0.25) is 0 Å². The van der Waals surface area contributed by atoms with Crippen molar-refractivity contribution in [3.63, 3.8) is 0 Å². The molecule has 1 heteroatoms. The van der Waals surface area contributed by atoms with Gasteiger partial charge in [-0.15, -0.1) is 0 Å². The molecule has 112 valence electrons. The summed E-state index contributed by atoms with van der Waals surface area (Å²) in [6, 6.07) is 19.1. The van der Waals surface area contributed by atoms with Crippen LogP contribution < -0.4 is 0 Å². The van der Waals surface area contributed by atoms with Gasteiger partial charge in [0.25, 0.3) is 0 Å². The summed E-state index contributed by atoms with van der Waals surface area (Å²) in [5.41, 5.74) is 3.72. The van der Waals surface area contributed by atoms with Crippen molar-refractivity contribution in [2.75, 3.05) is 0 Å². The number of rotatable bonds is 7. The summed E-state index contributed by atoms with van der Waals surface area (Å²) in [4.78, 5) is 0. The highest BCUT2D eigenvalue weighted by atomic mass is 16.3. The van der Waals surface area contributed by atoms with Crippen LogP contribution in [0, 0.1) is 0 Å². The van der Waals surface area contributed by atoms with Gasteiger partial charge in [-0.25, -0.2) is 0 Å². The molecule has 0 saturated carbocycles. The van der Waals surface area contributed by atoms with Gasteiger partial charge in [-0.05, 0) is 29.5 Å². The fourth-order valence-corrected chi connectivity index (χ4v) is 2.90. The lowest BCUT2D eigenvalue weighted by atomic mass is 9.87. The highest BCUT2D eigenvalue weighted by Crippen LogP contribution is 2.28. The summed E-state index contributed by atoms with van der Waals surface area (Å²) in [6.45, 7) is 4.33. The van der Waals surface area contributed by atoms with E-state index in [9.17, 15) is 5.11 Å². The Balaban J connectivity index is 2.13. The Kier molecular flexibility index (Phi) is 6.01. The van der Waals surface area contributed by atoms with Crippen molar-refractivity contribution in [2.45, 2.75) is 51.6 Å². The molecule has 0 aromatic heterocycles. The first kappa shape index (κ1) is 15.8. The molecule has 0 fully saturated rings. The maximum atomic E-state index is 10.4. The highest BCUT2D eigenvalue weighted by molar-refractivity contribution is 5.63. The molecule has 0 aliphatic rings. The first-order valence-corrected chi connectivity index (χ1v) is 8.09. The van der Waals surface area contributed by atoms with Gasteiger partial charge < -0.3 is 5.11 Å². The quantitative estimate of drug-likeness (QED) is 0.721. The van der Waals surface area contributed by atoms with Gasteiger partial charge in [-0.2, -0.15) is 0 Å². The molecule has 0 radical (unpaired) electrons. The van der Waals surface area contributed by atoms with Gasteiger partial charge in [0.1, 0.15) is 0 Å². The highest BCUT2D eigenvalue weighted by Gasteiger charge is 2.18. The lowest BCUT2D eigenvalue weighted by Crippen LogP contribution is -2.17. The standard InChI is InChI=1S/C20H26O/c1-3-5-11-20(21)19(4-2)18-14-12-17(13-15-18)16-9-7-6-8-10-16/h6-10,12-15,19-21H,3-5,11H2,1-2H3. The smallest absolute Gasteiger partial charge is 0.0608 e. The van der Waals surface area contributed by atoms with Crippen LogP contribution in [-0.2, 0) is 0 Å². The molecule has 2 atom stereocenters. The average molecular weight is 282 g/mol. The third kappa shape index (κ3) is 4.18. The van der Waals surface area contributed by atoms with E-state index in [1.807, 2.05) is 6.07 Å². The molecule has 0 amide bonds. The third-order valence-corrected chi connectivity index (χ3v) is 4.20. The first-order chi connectivity index (χ1) is 10.3. The van der Waals surface area contributed by atoms with E-state index in [0.29, 0.717) is 0 Å². The second kappa shape index (κ2) is 7.99. The minimum Gasteiger partial charge on any atom is -0.392 e. The Morgan fingerprint density at radius 3 is 2.05 bits per heavy atom. The molecular weight excluding hydrogens is 256 g/mol. The number of aliphatic hydroxyl groups is 1. The van der Waals surface area contributed by atoms with Gasteiger partial charge in [0, 0.05) is 5.92 Å². The van der Waals surface area contributed by atoms with E-state index >= 15 is 0 Å². The van der Waals surface area contributed by atoms with Gasteiger partial charge >= 0.3 is 0 Å². The molecule has 0 heterocycles. The van der Waals surface area contributed by atoms with Crippen LogP contribution in [-0.4, -0.2) is 11.2 Å². The van der Waals surface area contributed by atoms with Gasteiger partial charge in [0.15, 0.2) is 0 Å². The van der Waals surface area contributed by atoms with E-state index in [0.717, 1.165) is 25.7 Å². The van der Waals surface area contributed by atoms with Crippen molar-refractivity contribution in [1.82, 2.24) is 0 Å². The molecule has 21 heavy (non-hydrogen) atoms. The number of aliphatic hydroxyl groups excluding tert-OH is 1. The van der Waals surface area contributed by atoms with Crippen LogP contribution >= 0.6 is 0 Å². The SMILES string of the molecule is CCCCC(O)C(CC)c1ccc(-c2ccccc2)cc1. The summed E-state index contributed by atoms with van der Waals surface area (Å²) in [6.07, 6.45) is 3.89. The summed E-state index contributed by atoms with van der Waals surface area (Å²) >= 11 is 0. The predicted octanol–water partition coefficient (Wildman–Crippen LogP) is 5.40. The molecule has 2 aromatic rings. The maximum Gasteiger partial charge on any atom is 0.0608 e. The first-order valence-electron chi connectivity index (χ1n) is 8.09. The molecule has 2 rings (SSSR count).